The van der Waals surface area contributed by atoms with E-state index in [2.05, 4.69) is 21.2 Å². The van der Waals surface area contributed by atoms with Crippen molar-refractivity contribution in [2.75, 3.05) is 5.32 Å². The van der Waals surface area contributed by atoms with E-state index < -0.39 is 17.6 Å². The van der Waals surface area contributed by atoms with Gasteiger partial charge in [0, 0.05) is 12.6 Å². The van der Waals surface area contributed by atoms with Crippen LogP contribution in [0.25, 0.3) is 0 Å². The summed E-state index contributed by atoms with van der Waals surface area (Å²) in [7, 11) is 0. The van der Waals surface area contributed by atoms with Gasteiger partial charge in [-0.15, -0.1) is 0 Å². The summed E-state index contributed by atoms with van der Waals surface area (Å²) in [5, 5.41) is 11.7. The summed E-state index contributed by atoms with van der Waals surface area (Å²) in [5.41, 5.74) is 0.589. The predicted molar refractivity (Wildman–Crippen MR) is 74.8 cm³/mol. The van der Waals surface area contributed by atoms with Gasteiger partial charge in [0.05, 0.1) is 15.7 Å². The van der Waals surface area contributed by atoms with E-state index in [1.807, 2.05) is 0 Å². The molecule has 6 heteroatoms. The first kappa shape index (κ1) is 14.5. The molecule has 0 aliphatic carbocycles. The number of aromatic carboxylic acids is 1. The van der Waals surface area contributed by atoms with E-state index in [0.29, 0.717) is 5.56 Å². The van der Waals surface area contributed by atoms with Gasteiger partial charge in [-0.25, -0.2) is 13.6 Å². The molecule has 3 nitrogen and oxygen atoms in total. The van der Waals surface area contributed by atoms with Gasteiger partial charge in [-0.1, -0.05) is 18.2 Å². The van der Waals surface area contributed by atoms with Crippen molar-refractivity contribution in [3.05, 3.63) is 63.6 Å². The minimum Gasteiger partial charge on any atom is -0.478 e. The van der Waals surface area contributed by atoms with Gasteiger partial charge >= 0.3 is 5.97 Å². The second kappa shape index (κ2) is 6.00. The van der Waals surface area contributed by atoms with Gasteiger partial charge in [0.15, 0.2) is 0 Å². The standard InChI is InChI=1S/C14H10BrF2NO2/c15-10-5-12(17)13(6-11(10)16)18-7-8-3-1-2-4-9(8)14(19)20/h1-6,18H,7H2,(H,19,20). The quantitative estimate of drug-likeness (QED) is 0.825. The maximum absolute atomic E-state index is 13.6. The number of carbonyl (C=O) groups is 1. The molecule has 0 bridgehead atoms. The molecule has 2 rings (SSSR count). The van der Waals surface area contributed by atoms with Crippen LogP contribution in [0.3, 0.4) is 0 Å². The topological polar surface area (TPSA) is 49.3 Å². The summed E-state index contributed by atoms with van der Waals surface area (Å²) in [6.07, 6.45) is 0. The number of halogens is 3. The van der Waals surface area contributed by atoms with Crippen molar-refractivity contribution >= 4 is 27.6 Å². The number of anilines is 1. The Hall–Kier alpha value is -1.95. The van der Waals surface area contributed by atoms with Crippen LogP contribution in [0.1, 0.15) is 15.9 Å². The van der Waals surface area contributed by atoms with Gasteiger partial charge in [0.1, 0.15) is 11.6 Å². The van der Waals surface area contributed by atoms with Crippen LogP contribution in [-0.4, -0.2) is 11.1 Å². The minimum atomic E-state index is -1.06. The van der Waals surface area contributed by atoms with E-state index in [0.717, 1.165) is 12.1 Å². The smallest absolute Gasteiger partial charge is 0.336 e. The maximum atomic E-state index is 13.6. The van der Waals surface area contributed by atoms with Crippen LogP contribution >= 0.6 is 15.9 Å². The van der Waals surface area contributed by atoms with Crippen molar-refractivity contribution in [3.8, 4) is 0 Å². The molecule has 0 heterocycles. The fourth-order valence-electron chi connectivity index (χ4n) is 1.73. The number of carboxylic acids is 1. The fraction of sp³-hybridized carbons (Fsp3) is 0.0714. The zero-order valence-electron chi connectivity index (χ0n) is 10.2. The van der Waals surface area contributed by atoms with E-state index in [1.165, 1.54) is 6.07 Å². The maximum Gasteiger partial charge on any atom is 0.336 e. The van der Waals surface area contributed by atoms with Crippen LogP contribution in [0, 0.1) is 11.6 Å². The third-order valence-electron chi connectivity index (χ3n) is 2.73. The highest BCUT2D eigenvalue weighted by Crippen LogP contribution is 2.24. The Morgan fingerprint density at radius 1 is 1.20 bits per heavy atom. The van der Waals surface area contributed by atoms with E-state index in [4.69, 9.17) is 5.11 Å². The lowest BCUT2D eigenvalue weighted by molar-refractivity contribution is 0.0696. The molecule has 0 aliphatic heterocycles. The van der Waals surface area contributed by atoms with E-state index in [1.54, 1.807) is 18.2 Å². The van der Waals surface area contributed by atoms with Crippen molar-refractivity contribution in [3.63, 3.8) is 0 Å². The van der Waals surface area contributed by atoms with Crippen LogP contribution in [-0.2, 0) is 6.54 Å². The second-order valence-electron chi connectivity index (χ2n) is 4.06. The molecule has 0 spiro atoms. The molecule has 0 unspecified atom stereocenters. The molecule has 104 valence electrons. The van der Waals surface area contributed by atoms with Crippen molar-refractivity contribution in [1.82, 2.24) is 0 Å². The first-order valence-electron chi connectivity index (χ1n) is 5.68. The number of carboxylic acid groups (broad SMARTS) is 1. The third-order valence-corrected chi connectivity index (χ3v) is 3.33. The Kier molecular flexibility index (Phi) is 4.34. The number of hydrogen-bond acceptors (Lipinski definition) is 2. The van der Waals surface area contributed by atoms with Gasteiger partial charge in [-0.05, 0) is 33.6 Å². The van der Waals surface area contributed by atoms with E-state index in [-0.39, 0.29) is 22.3 Å². The van der Waals surface area contributed by atoms with Gasteiger partial charge in [-0.2, -0.15) is 0 Å². The molecule has 2 aromatic carbocycles. The Morgan fingerprint density at radius 3 is 2.60 bits per heavy atom. The zero-order valence-corrected chi connectivity index (χ0v) is 11.7. The average molecular weight is 342 g/mol. The molecule has 0 aromatic heterocycles. The van der Waals surface area contributed by atoms with Crippen molar-refractivity contribution in [1.29, 1.82) is 0 Å². The highest BCUT2D eigenvalue weighted by molar-refractivity contribution is 9.10. The highest BCUT2D eigenvalue weighted by atomic mass is 79.9. The number of benzene rings is 2. The molecule has 2 aromatic rings. The highest BCUT2D eigenvalue weighted by Gasteiger charge is 2.11. The van der Waals surface area contributed by atoms with Crippen LogP contribution in [0.5, 0.6) is 0 Å². The Morgan fingerprint density at radius 2 is 1.90 bits per heavy atom. The molecule has 0 aliphatic rings. The summed E-state index contributed by atoms with van der Waals surface area (Å²) >= 11 is 2.89. The average Bonchev–Trinajstić information content (AvgIpc) is 2.41. The van der Waals surface area contributed by atoms with Crippen LogP contribution < -0.4 is 5.32 Å². The molecule has 0 fully saturated rings. The molecule has 0 atom stereocenters. The van der Waals surface area contributed by atoms with Gasteiger partial charge < -0.3 is 10.4 Å². The summed E-state index contributed by atoms with van der Waals surface area (Å²) in [6.45, 7) is 0.0838. The fourth-order valence-corrected chi connectivity index (χ4v) is 2.05. The van der Waals surface area contributed by atoms with Crippen molar-refractivity contribution in [2.45, 2.75) is 6.54 Å². The zero-order chi connectivity index (χ0) is 14.7. The third kappa shape index (κ3) is 3.14. The second-order valence-corrected chi connectivity index (χ2v) is 4.92. The van der Waals surface area contributed by atoms with Crippen molar-refractivity contribution in [2.24, 2.45) is 0 Å². The van der Waals surface area contributed by atoms with E-state index >= 15 is 0 Å². The lowest BCUT2D eigenvalue weighted by Gasteiger charge is -2.10. The minimum absolute atomic E-state index is 0.0223. The summed E-state index contributed by atoms with van der Waals surface area (Å²) in [5.74, 6) is -2.28. The predicted octanol–water partition coefficient (Wildman–Crippen LogP) is 4.04. The molecule has 0 saturated heterocycles. The number of rotatable bonds is 4. The summed E-state index contributed by atoms with van der Waals surface area (Å²) < 4.78 is 27.0. The van der Waals surface area contributed by atoms with Crippen LogP contribution in [0.4, 0.5) is 14.5 Å². The molecule has 0 amide bonds. The lowest BCUT2D eigenvalue weighted by atomic mass is 10.1. The van der Waals surface area contributed by atoms with Crippen LogP contribution in [0.2, 0.25) is 0 Å². The summed E-state index contributed by atoms with van der Waals surface area (Å²) in [4.78, 5) is 11.0. The monoisotopic (exact) mass is 341 g/mol. The van der Waals surface area contributed by atoms with Gasteiger partial charge in [-0.3, -0.25) is 0 Å². The first-order valence-corrected chi connectivity index (χ1v) is 6.48. The van der Waals surface area contributed by atoms with Gasteiger partial charge in [0.2, 0.25) is 0 Å². The normalized spacial score (nSPS) is 10.3. The van der Waals surface area contributed by atoms with Gasteiger partial charge in [0.25, 0.3) is 0 Å². The lowest BCUT2D eigenvalue weighted by Crippen LogP contribution is -2.08. The Bertz CT molecular complexity index is 662. The number of hydrogen-bond donors (Lipinski definition) is 2. The Balaban J connectivity index is 2.21. The molecular weight excluding hydrogens is 332 g/mol. The molecule has 0 saturated carbocycles. The van der Waals surface area contributed by atoms with E-state index in [9.17, 15) is 13.6 Å². The molecule has 2 N–H and O–H groups in total. The SMILES string of the molecule is O=C(O)c1ccccc1CNc1cc(F)c(Br)cc1F. The number of nitrogens with one attached hydrogen (secondary N) is 1. The molecule has 20 heavy (non-hydrogen) atoms. The van der Waals surface area contributed by atoms with Crippen LogP contribution in [0.15, 0.2) is 40.9 Å². The molecule has 0 radical (unpaired) electrons. The molecular formula is C14H10BrF2NO2. The first-order chi connectivity index (χ1) is 9.49. The Labute approximate surface area is 122 Å². The van der Waals surface area contributed by atoms with Crippen molar-refractivity contribution < 1.29 is 18.7 Å². The summed E-state index contributed by atoms with van der Waals surface area (Å²) in [6, 6.07) is 8.39. The largest absolute Gasteiger partial charge is 0.478 e.